The second-order valence-corrected chi connectivity index (χ2v) is 2.87. The van der Waals surface area contributed by atoms with Crippen molar-refractivity contribution in [1.29, 1.82) is 0 Å². The average Bonchev–Trinajstić information content (AvgIpc) is 2.46. The average molecular weight is 181 g/mol. The lowest BCUT2D eigenvalue weighted by molar-refractivity contribution is 0.112. The van der Waals surface area contributed by atoms with Crippen molar-refractivity contribution in [3.8, 4) is 0 Å². The zero-order valence-corrected chi connectivity index (χ0v) is 6.80. The fourth-order valence-corrected chi connectivity index (χ4v) is 1.23. The molecule has 0 fully saturated rings. The SMILES string of the molecule is O=Cc1cc2ncc(Cl)cc2[nH]1. The van der Waals surface area contributed by atoms with Gasteiger partial charge in [-0.2, -0.15) is 0 Å². The Morgan fingerprint density at radius 2 is 2.33 bits per heavy atom. The Labute approximate surface area is 73.4 Å². The van der Waals surface area contributed by atoms with Crippen molar-refractivity contribution in [3.63, 3.8) is 0 Å². The number of pyridine rings is 1. The van der Waals surface area contributed by atoms with Gasteiger partial charge < -0.3 is 4.98 Å². The molecule has 0 aliphatic rings. The lowest BCUT2D eigenvalue weighted by Gasteiger charge is -1.88. The number of carbonyl (C=O) groups is 1. The van der Waals surface area contributed by atoms with Gasteiger partial charge in [-0.15, -0.1) is 0 Å². The molecule has 2 aromatic heterocycles. The van der Waals surface area contributed by atoms with Crippen LogP contribution in [0.4, 0.5) is 0 Å². The Morgan fingerprint density at radius 1 is 1.50 bits per heavy atom. The molecule has 3 nitrogen and oxygen atoms in total. The highest BCUT2D eigenvalue weighted by molar-refractivity contribution is 6.31. The van der Waals surface area contributed by atoms with E-state index in [0.29, 0.717) is 10.7 Å². The van der Waals surface area contributed by atoms with Gasteiger partial charge in [0.2, 0.25) is 0 Å². The second-order valence-electron chi connectivity index (χ2n) is 2.43. The molecule has 12 heavy (non-hydrogen) atoms. The molecule has 0 atom stereocenters. The predicted octanol–water partition coefficient (Wildman–Crippen LogP) is 2.03. The first-order valence-electron chi connectivity index (χ1n) is 3.39. The number of aromatic nitrogens is 2. The summed E-state index contributed by atoms with van der Waals surface area (Å²) in [6.45, 7) is 0. The first kappa shape index (κ1) is 7.31. The molecule has 2 rings (SSSR count). The Hall–Kier alpha value is -1.35. The van der Waals surface area contributed by atoms with E-state index in [4.69, 9.17) is 11.6 Å². The van der Waals surface area contributed by atoms with Crippen LogP contribution in [-0.4, -0.2) is 16.3 Å². The largest absolute Gasteiger partial charge is 0.351 e. The van der Waals surface area contributed by atoms with Gasteiger partial charge in [-0.25, -0.2) is 0 Å². The number of rotatable bonds is 1. The summed E-state index contributed by atoms with van der Waals surface area (Å²) in [6.07, 6.45) is 2.29. The minimum absolute atomic E-state index is 0.514. The highest BCUT2D eigenvalue weighted by Gasteiger charge is 2.00. The molecule has 0 saturated carbocycles. The van der Waals surface area contributed by atoms with Crippen molar-refractivity contribution in [2.75, 3.05) is 0 Å². The third kappa shape index (κ3) is 1.08. The van der Waals surface area contributed by atoms with Crippen LogP contribution in [0.2, 0.25) is 5.02 Å². The number of nitrogens with one attached hydrogen (secondary N) is 1. The monoisotopic (exact) mass is 180 g/mol. The van der Waals surface area contributed by atoms with Gasteiger partial charge in [0.15, 0.2) is 6.29 Å². The Morgan fingerprint density at radius 3 is 3.08 bits per heavy atom. The summed E-state index contributed by atoms with van der Waals surface area (Å²) >= 11 is 5.70. The Balaban J connectivity index is 2.75. The maximum atomic E-state index is 10.4. The lowest BCUT2D eigenvalue weighted by Crippen LogP contribution is -1.75. The molecule has 2 aromatic rings. The van der Waals surface area contributed by atoms with Crippen molar-refractivity contribution in [3.05, 3.63) is 29.0 Å². The molecule has 2 heterocycles. The van der Waals surface area contributed by atoms with Gasteiger partial charge >= 0.3 is 0 Å². The zero-order chi connectivity index (χ0) is 8.55. The number of aldehydes is 1. The summed E-state index contributed by atoms with van der Waals surface area (Å²) in [6, 6.07) is 3.41. The zero-order valence-electron chi connectivity index (χ0n) is 6.04. The van der Waals surface area contributed by atoms with Gasteiger partial charge in [0.05, 0.1) is 21.7 Å². The fraction of sp³-hybridized carbons (Fsp3) is 0. The maximum absolute atomic E-state index is 10.4. The number of fused-ring (bicyclic) bond motifs is 1. The van der Waals surface area contributed by atoms with Crippen LogP contribution in [-0.2, 0) is 0 Å². The standard InChI is InChI=1S/C8H5ClN2O/c9-5-1-8-7(10-3-5)2-6(4-12)11-8/h1-4,11H. The van der Waals surface area contributed by atoms with Crippen LogP contribution in [0, 0.1) is 0 Å². The Bertz CT molecular complexity index is 436. The summed E-state index contributed by atoms with van der Waals surface area (Å²) in [4.78, 5) is 17.3. The fourth-order valence-electron chi connectivity index (χ4n) is 1.07. The third-order valence-electron chi connectivity index (χ3n) is 1.58. The van der Waals surface area contributed by atoms with Gasteiger partial charge in [-0.3, -0.25) is 9.78 Å². The van der Waals surface area contributed by atoms with Gasteiger partial charge in [0.25, 0.3) is 0 Å². The summed E-state index contributed by atoms with van der Waals surface area (Å²) in [7, 11) is 0. The molecule has 0 aromatic carbocycles. The van der Waals surface area contributed by atoms with Gasteiger partial charge in [-0.1, -0.05) is 11.6 Å². The van der Waals surface area contributed by atoms with Crippen molar-refractivity contribution >= 4 is 28.9 Å². The molecule has 0 bridgehead atoms. The number of aromatic amines is 1. The van der Waals surface area contributed by atoms with Crippen molar-refractivity contribution in [2.45, 2.75) is 0 Å². The van der Waals surface area contributed by atoms with Crippen molar-refractivity contribution in [2.24, 2.45) is 0 Å². The minimum Gasteiger partial charge on any atom is -0.351 e. The van der Waals surface area contributed by atoms with E-state index in [9.17, 15) is 4.79 Å². The van der Waals surface area contributed by atoms with Gasteiger partial charge in [0, 0.05) is 6.20 Å². The molecular formula is C8H5ClN2O. The van der Waals surface area contributed by atoms with E-state index < -0.39 is 0 Å². The minimum atomic E-state index is 0.514. The smallest absolute Gasteiger partial charge is 0.166 e. The van der Waals surface area contributed by atoms with Crippen molar-refractivity contribution < 1.29 is 4.79 Å². The highest BCUT2D eigenvalue weighted by Crippen LogP contribution is 2.16. The van der Waals surface area contributed by atoms with Crippen molar-refractivity contribution in [1.82, 2.24) is 9.97 Å². The summed E-state index contributed by atoms with van der Waals surface area (Å²) in [5, 5.41) is 0.557. The normalized spacial score (nSPS) is 10.4. The van der Waals surface area contributed by atoms with Gasteiger partial charge in [0.1, 0.15) is 0 Å². The number of nitrogens with zero attached hydrogens (tertiary/aromatic N) is 1. The molecular weight excluding hydrogens is 176 g/mol. The first-order valence-corrected chi connectivity index (χ1v) is 3.77. The van der Waals surface area contributed by atoms with Crippen LogP contribution < -0.4 is 0 Å². The van der Waals surface area contributed by atoms with Crippen LogP contribution in [0.15, 0.2) is 18.3 Å². The summed E-state index contributed by atoms with van der Waals surface area (Å²) in [5.74, 6) is 0. The molecule has 0 amide bonds. The lowest BCUT2D eigenvalue weighted by atomic mass is 10.4. The van der Waals surface area contributed by atoms with E-state index in [-0.39, 0.29) is 0 Å². The number of hydrogen-bond acceptors (Lipinski definition) is 2. The van der Waals surface area contributed by atoms with E-state index in [1.807, 2.05) is 0 Å². The number of carbonyl (C=O) groups excluding carboxylic acids is 1. The topological polar surface area (TPSA) is 45.8 Å². The molecule has 0 spiro atoms. The molecule has 0 unspecified atom stereocenters. The van der Waals surface area contributed by atoms with E-state index in [1.165, 1.54) is 0 Å². The predicted molar refractivity (Wildman–Crippen MR) is 46.5 cm³/mol. The summed E-state index contributed by atoms with van der Waals surface area (Å²) in [5.41, 5.74) is 2.05. The van der Waals surface area contributed by atoms with E-state index in [0.717, 1.165) is 17.3 Å². The molecule has 0 radical (unpaired) electrons. The molecule has 0 saturated heterocycles. The van der Waals surface area contributed by atoms with E-state index in [2.05, 4.69) is 9.97 Å². The molecule has 4 heteroatoms. The van der Waals surface area contributed by atoms with E-state index in [1.54, 1.807) is 18.3 Å². The molecule has 0 aliphatic carbocycles. The van der Waals surface area contributed by atoms with Crippen LogP contribution in [0.5, 0.6) is 0 Å². The molecule has 0 aliphatic heterocycles. The number of H-pyrrole nitrogens is 1. The van der Waals surface area contributed by atoms with Crippen LogP contribution >= 0.6 is 11.6 Å². The van der Waals surface area contributed by atoms with Crippen LogP contribution in [0.1, 0.15) is 10.5 Å². The highest BCUT2D eigenvalue weighted by atomic mass is 35.5. The number of halogens is 1. The van der Waals surface area contributed by atoms with E-state index >= 15 is 0 Å². The number of hydrogen-bond donors (Lipinski definition) is 1. The third-order valence-corrected chi connectivity index (χ3v) is 1.79. The van der Waals surface area contributed by atoms with Crippen LogP contribution in [0.25, 0.3) is 11.0 Å². The summed E-state index contributed by atoms with van der Waals surface area (Å²) < 4.78 is 0. The Kier molecular flexibility index (Phi) is 1.59. The first-order chi connectivity index (χ1) is 5.79. The van der Waals surface area contributed by atoms with Crippen LogP contribution in [0.3, 0.4) is 0 Å². The quantitative estimate of drug-likeness (QED) is 0.683. The van der Waals surface area contributed by atoms with Gasteiger partial charge in [-0.05, 0) is 12.1 Å². The molecule has 60 valence electrons. The maximum Gasteiger partial charge on any atom is 0.166 e. The molecule has 1 N–H and O–H groups in total. The second kappa shape index (κ2) is 2.60.